The van der Waals surface area contributed by atoms with E-state index in [0.29, 0.717) is 24.0 Å². The molecule has 0 aromatic carbocycles. The van der Waals surface area contributed by atoms with Crippen LogP contribution < -0.4 is 33.7 Å². The number of rotatable bonds is 8. The number of nitrogens with zero attached hydrogens (tertiary/aromatic N) is 3. The summed E-state index contributed by atoms with van der Waals surface area (Å²) in [6.45, 7) is 14.7. The molecule has 0 saturated carbocycles. The standard InChI is InChI=1S/C12H12N2O6.C9H8N2O4.C6H15N.C3H5BrO2.C2H3N/c1-3-6-4-7(15)20-11-9(6)10(17)13-12(18)14(11)5-8(16)19-2;1-2-4-3-5(12)15-8-6(4)7(13)10-9(14)11-8;1-4-7(5-2)6-3;1-6-3(5)2-4;1-2-3/h4H,3,5H2,1-2H3,(H,13,17,18);3H,2H2,1H3,(H2,10,11,13,14);4-6H2,1-3H3;2H2,1H3;1H3. The predicted octanol–water partition coefficient (Wildman–Crippen LogP) is 1.54. The monoisotopic (exact) mass is 782 g/mol. The zero-order valence-corrected chi connectivity index (χ0v) is 31.3. The molecule has 0 bridgehead atoms. The Morgan fingerprint density at radius 3 is 1.69 bits per heavy atom. The number of carbonyl (C=O) groups excluding carboxylic acids is 2. The molecule has 0 aliphatic heterocycles. The second kappa shape index (κ2) is 23.9. The van der Waals surface area contributed by atoms with Crippen molar-refractivity contribution in [1.29, 1.82) is 5.26 Å². The van der Waals surface area contributed by atoms with Crippen LogP contribution in [0.4, 0.5) is 0 Å². The Labute approximate surface area is 299 Å². The van der Waals surface area contributed by atoms with Gasteiger partial charge < -0.3 is 23.2 Å². The van der Waals surface area contributed by atoms with Crippen LogP contribution in [-0.4, -0.2) is 75.5 Å². The molecule has 0 spiro atoms. The molecule has 0 aliphatic carbocycles. The van der Waals surface area contributed by atoms with Crippen LogP contribution >= 0.6 is 15.9 Å². The minimum Gasteiger partial charge on any atom is -0.468 e. The lowest BCUT2D eigenvalue weighted by molar-refractivity contribution is -0.141. The fraction of sp³-hybridized carbons (Fsp3) is 0.469. The fourth-order valence-electron chi connectivity index (χ4n) is 4.08. The van der Waals surface area contributed by atoms with Crippen LogP contribution in [0.2, 0.25) is 0 Å². The lowest BCUT2D eigenvalue weighted by Gasteiger charge is -2.13. The second-order valence-electron chi connectivity index (χ2n) is 9.66. The number of alkyl halides is 1. The van der Waals surface area contributed by atoms with Crippen LogP contribution in [-0.2, 0) is 38.4 Å². The van der Waals surface area contributed by atoms with Crippen molar-refractivity contribution in [2.75, 3.05) is 39.2 Å². The van der Waals surface area contributed by atoms with Crippen molar-refractivity contribution in [3.63, 3.8) is 0 Å². The Hall–Kier alpha value is -5.35. The first kappa shape index (κ1) is 45.6. The topological polar surface area (TPSA) is 261 Å². The maximum absolute atomic E-state index is 11.9. The van der Waals surface area contributed by atoms with E-state index >= 15 is 0 Å². The van der Waals surface area contributed by atoms with Gasteiger partial charge in [0, 0.05) is 19.1 Å². The summed E-state index contributed by atoms with van der Waals surface area (Å²) in [6.07, 6.45) is 0.916. The second-order valence-corrected chi connectivity index (χ2v) is 10.2. The van der Waals surface area contributed by atoms with E-state index in [2.05, 4.69) is 66.0 Å². The number of aryl methyl sites for hydroxylation is 2. The Morgan fingerprint density at radius 2 is 1.27 bits per heavy atom. The zero-order chi connectivity index (χ0) is 39.3. The number of ether oxygens (including phenoxy) is 2. The number of carbonyl (C=O) groups is 2. The summed E-state index contributed by atoms with van der Waals surface area (Å²) in [7, 11) is 2.51. The molecule has 0 aliphatic rings. The minimum absolute atomic E-state index is 0.0758. The lowest BCUT2D eigenvalue weighted by Crippen LogP contribution is -2.33. The minimum atomic E-state index is -0.843. The van der Waals surface area contributed by atoms with Gasteiger partial charge in [-0.05, 0) is 43.6 Å². The maximum atomic E-state index is 11.9. The van der Waals surface area contributed by atoms with Crippen molar-refractivity contribution in [2.24, 2.45) is 0 Å². The van der Waals surface area contributed by atoms with Gasteiger partial charge in [-0.3, -0.25) is 38.7 Å². The van der Waals surface area contributed by atoms with Gasteiger partial charge in [-0.2, -0.15) is 5.26 Å². The van der Waals surface area contributed by atoms with Gasteiger partial charge in [-0.1, -0.05) is 50.5 Å². The fourth-order valence-corrected chi connectivity index (χ4v) is 4.31. The first-order chi connectivity index (χ1) is 24.2. The first-order valence-corrected chi connectivity index (χ1v) is 16.6. The molecule has 0 radical (unpaired) electrons. The summed E-state index contributed by atoms with van der Waals surface area (Å²) in [6, 6.07) is 4.18. The number of hydrogen-bond acceptors (Lipinski definition) is 14. The molecule has 51 heavy (non-hydrogen) atoms. The van der Waals surface area contributed by atoms with E-state index in [0.717, 1.165) is 11.7 Å². The highest BCUT2D eigenvalue weighted by atomic mass is 79.9. The molecular formula is C32H43BrN6O12. The Kier molecular flexibility index (Phi) is 21.4. The van der Waals surface area contributed by atoms with E-state index in [1.807, 2.05) is 0 Å². The molecule has 4 heterocycles. The molecule has 4 aromatic heterocycles. The zero-order valence-electron chi connectivity index (χ0n) is 29.7. The van der Waals surface area contributed by atoms with Crippen LogP contribution in [0.25, 0.3) is 22.2 Å². The van der Waals surface area contributed by atoms with Gasteiger partial charge >= 0.3 is 34.6 Å². The molecule has 0 atom stereocenters. The maximum Gasteiger partial charge on any atom is 0.337 e. The van der Waals surface area contributed by atoms with E-state index < -0.39 is 46.3 Å². The van der Waals surface area contributed by atoms with Crippen LogP contribution in [0, 0.1) is 11.3 Å². The normalized spacial score (nSPS) is 9.82. The van der Waals surface area contributed by atoms with Crippen LogP contribution in [0.15, 0.2) is 49.7 Å². The van der Waals surface area contributed by atoms with Gasteiger partial charge in [-0.15, -0.1) is 0 Å². The quantitative estimate of drug-likeness (QED) is 0.169. The number of nitriles is 1. The van der Waals surface area contributed by atoms with Crippen LogP contribution in [0.5, 0.6) is 0 Å². The first-order valence-electron chi connectivity index (χ1n) is 15.5. The summed E-state index contributed by atoms with van der Waals surface area (Å²) in [5, 5.41) is 7.90. The number of hydrogen-bond donors (Lipinski definition) is 3. The average Bonchev–Trinajstić information content (AvgIpc) is 3.10. The number of H-pyrrole nitrogens is 3. The van der Waals surface area contributed by atoms with E-state index in [4.69, 9.17) is 14.1 Å². The number of fused-ring (bicyclic) bond motifs is 2. The van der Waals surface area contributed by atoms with Gasteiger partial charge in [0.2, 0.25) is 11.4 Å². The number of aromatic amines is 3. The summed E-state index contributed by atoms with van der Waals surface area (Å²) >= 11 is 2.90. The number of aromatic nitrogens is 4. The Morgan fingerprint density at radius 1 is 0.804 bits per heavy atom. The summed E-state index contributed by atoms with van der Waals surface area (Å²) in [5.41, 5.74) is -3.33. The molecule has 4 rings (SSSR count). The van der Waals surface area contributed by atoms with E-state index in [9.17, 15) is 38.4 Å². The third-order valence-electron chi connectivity index (χ3n) is 6.64. The molecule has 3 N–H and O–H groups in total. The smallest absolute Gasteiger partial charge is 0.337 e. The number of methoxy groups -OCH3 is 2. The molecule has 4 aromatic rings. The molecule has 0 amide bonds. The third kappa shape index (κ3) is 14.6. The Bertz CT molecular complexity index is 2120. The molecule has 18 nitrogen and oxygen atoms in total. The summed E-state index contributed by atoms with van der Waals surface area (Å²) in [5.74, 6) is -0.944. The SMILES string of the molecule is CC#N.CCN(CC)CC.CCc1cc(=O)oc2[nH]c(=O)[nH]c(=O)c12.CCc1cc(=O)oc2c1c(=O)[nH]c(=O)n2CC(=O)OC.COC(=O)CBr. The number of esters is 2. The van der Waals surface area contributed by atoms with Crippen LogP contribution in [0.3, 0.4) is 0 Å². The molecule has 19 heteroatoms. The van der Waals surface area contributed by atoms with E-state index in [1.54, 1.807) is 19.9 Å². The molecule has 0 fully saturated rings. The molecule has 280 valence electrons. The highest BCUT2D eigenvalue weighted by Gasteiger charge is 2.16. The van der Waals surface area contributed by atoms with Gasteiger partial charge in [0.25, 0.3) is 11.1 Å². The number of nitrogens with one attached hydrogen (secondary N) is 3. The molecule has 0 saturated heterocycles. The Balaban J connectivity index is 0.000000706. The van der Waals surface area contributed by atoms with Gasteiger partial charge in [-0.25, -0.2) is 19.2 Å². The number of halogens is 1. The average molecular weight is 784 g/mol. The van der Waals surface area contributed by atoms with Gasteiger partial charge in [0.1, 0.15) is 22.6 Å². The lowest BCUT2D eigenvalue weighted by atomic mass is 10.1. The van der Waals surface area contributed by atoms with Crippen molar-refractivity contribution in [3.05, 3.63) is 85.8 Å². The highest BCUT2D eigenvalue weighted by molar-refractivity contribution is 9.09. The summed E-state index contributed by atoms with van der Waals surface area (Å²) < 4.78 is 19.2. The van der Waals surface area contributed by atoms with E-state index in [1.165, 1.54) is 45.8 Å². The van der Waals surface area contributed by atoms with Crippen molar-refractivity contribution in [1.82, 2.24) is 24.4 Å². The molecular weight excluding hydrogens is 740 g/mol. The highest BCUT2D eigenvalue weighted by Crippen LogP contribution is 2.12. The van der Waals surface area contributed by atoms with Crippen molar-refractivity contribution in [2.45, 2.75) is 60.9 Å². The molecule has 0 unspecified atom stereocenters. The van der Waals surface area contributed by atoms with Crippen molar-refractivity contribution in [3.8, 4) is 6.07 Å². The van der Waals surface area contributed by atoms with Crippen molar-refractivity contribution < 1.29 is 27.9 Å². The largest absolute Gasteiger partial charge is 0.468 e. The third-order valence-corrected chi connectivity index (χ3v) is 7.10. The van der Waals surface area contributed by atoms with Gasteiger partial charge in [0.05, 0.1) is 20.3 Å². The predicted molar refractivity (Wildman–Crippen MR) is 192 cm³/mol. The van der Waals surface area contributed by atoms with Gasteiger partial charge in [0.15, 0.2) is 0 Å². The van der Waals surface area contributed by atoms with E-state index in [-0.39, 0.29) is 33.5 Å². The van der Waals surface area contributed by atoms with Crippen molar-refractivity contribution >= 4 is 50.1 Å². The van der Waals surface area contributed by atoms with Crippen LogP contribution in [0.1, 0.15) is 52.7 Å². The summed E-state index contributed by atoms with van der Waals surface area (Å²) in [4.78, 5) is 98.6.